The van der Waals surface area contributed by atoms with Gasteiger partial charge in [0.25, 0.3) is 6.41 Å². The van der Waals surface area contributed by atoms with E-state index in [1.807, 2.05) is 19.2 Å². The molecule has 1 aromatic rings. The predicted molar refractivity (Wildman–Crippen MR) is 134 cm³/mol. The Labute approximate surface area is 221 Å². The minimum Gasteiger partial charge on any atom is -0.493 e. The van der Waals surface area contributed by atoms with Gasteiger partial charge in [-0.05, 0) is 51.2 Å². The smallest absolute Gasteiger partial charge is 0.323 e. The van der Waals surface area contributed by atoms with Crippen molar-refractivity contribution < 1.29 is 39.1 Å². The SMILES string of the molecule is COc1ccc2c3c1OC1C(OC(O)N(C)C(CN)C(=O)N(C)CC(=O)O)=CCC4(O)C(C2)N(C)CCC314. The molecule has 6 atom stereocenters. The standard InChI is InChI=1S/C26H36N4O8/c1-28-10-9-25-20-14-5-6-16(36-4)21(20)38-22(25)17(7-8-26(25,35)18(28)11-14)37-24(34)30(3)15(12-27)23(33)29(2)13-19(31)32/h5-7,15,18,22,24,34-35H,8-13,27H2,1-4H3,(H,31,32). The van der Waals surface area contributed by atoms with Crippen molar-refractivity contribution in [3.63, 3.8) is 0 Å². The molecule has 5 N–H and O–H groups in total. The van der Waals surface area contributed by atoms with Gasteiger partial charge in [0, 0.05) is 31.6 Å². The van der Waals surface area contributed by atoms with Crippen molar-refractivity contribution >= 4 is 11.9 Å². The van der Waals surface area contributed by atoms with Gasteiger partial charge in [0.1, 0.15) is 18.3 Å². The van der Waals surface area contributed by atoms with Crippen LogP contribution in [0.15, 0.2) is 24.0 Å². The van der Waals surface area contributed by atoms with E-state index in [2.05, 4.69) is 4.90 Å². The Bertz CT molecular complexity index is 1180. The molecule has 12 nitrogen and oxygen atoms in total. The molecule has 0 radical (unpaired) electrons. The zero-order valence-electron chi connectivity index (χ0n) is 22.1. The van der Waals surface area contributed by atoms with Gasteiger partial charge in [-0.25, -0.2) is 4.90 Å². The van der Waals surface area contributed by atoms with Crippen LogP contribution < -0.4 is 15.2 Å². The maximum Gasteiger partial charge on any atom is 0.323 e. The summed E-state index contributed by atoms with van der Waals surface area (Å²) in [5, 5.41) is 32.4. The number of aliphatic carboxylic acids is 1. The van der Waals surface area contributed by atoms with Crippen LogP contribution in [-0.4, -0.2) is 120 Å². The van der Waals surface area contributed by atoms with E-state index in [0.29, 0.717) is 36.5 Å². The number of ether oxygens (including phenoxy) is 3. The van der Waals surface area contributed by atoms with Crippen LogP contribution in [0.25, 0.3) is 0 Å². The van der Waals surface area contributed by atoms with Gasteiger partial charge in [-0.1, -0.05) is 6.07 Å². The van der Waals surface area contributed by atoms with Gasteiger partial charge in [-0.3, -0.25) is 9.59 Å². The molecule has 1 spiro atoms. The molecule has 1 aromatic carbocycles. The lowest BCUT2D eigenvalue weighted by Gasteiger charge is -2.61. The van der Waals surface area contributed by atoms with E-state index in [1.54, 1.807) is 13.2 Å². The van der Waals surface area contributed by atoms with Gasteiger partial charge in [0.2, 0.25) is 5.91 Å². The van der Waals surface area contributed by atoms with Crippen molar-refractivity contribution in [2.24, 2.45) is 5.73 Å². The van der Waals surface area contributed by atoms with Crippen molar-refractivity contribution in [3.05, 3.63) is 35.1 Å². The number of carbonyl (C=O) groups excluding carboxylic acids is 1. The quantitative estimate of drug-likeness (QED) is 0.291. The van der Waals surface area contributed by atoms with Crippen molar-refractivity contribution in [2.45, 2.75) is 54.9 Å². The Morgan fingerprint density at radius 3 is 2.74 bits per heavy atom. The monoisotopic (exact) mass is 532 g/mol. The summed E-state index contributed by atoms with van der Waals surface area (Å²) >= 11 is 0. The maximum absolute atomic E-state index is 12.8. The van der Waals surface area contributed by atoms with Gasteiger partial charge in [-0.2, -0.15) is 0 Å². The van der Waals surface area contributed by atoms with Crippen molar-refractivity contribution in [1.82, 2.24) is 14.7 Å². The summed E-state index contributed by atoms with van der Waals surface area (Å²) in [7, 11) is 6.43. The van der Waals surface area contributed by atoms with Gasteiger partial charge >= 0.3 is 5.97 Å². The number of nitrogens with zero attached hydrogens (tertiary/aromatic N) is 3. The first-order valence-corrected chi connectivity index (χ1v) is 12.7. The second-order valence-corrected chi connectivity index (χ2v) is 10.7. The number of methoxy groups -OCH3 is 1. The van der Waals surface area contributed by atoms with Gasteiger partial charge in [-0.15, -0.1) is 0 Å². The number of carboxylic acids is 1. The molecule has 1 saturated heterocycles. The topological polar surface area (TPSA) is 158 Å². The van der Waals surface area contributed by atoms with Gasteiger partial charge in [0.05, 0.1) is 18.1 Å². The minimum absolute atomic E-state index is 0.122. The third kappa shape index (κ3) is 3.62. The highest BCUT2D eigenvalue weighted by Gasteiger charge is 2.72. The molecule has 38 heavy (non-hydrogen) atoms. The first kappa shape index (κ1) is 26.7. The second kappa shape index (κ2) is 9.38. The summed E-state index contributed by atoms with van der Waals surface area (Å²) < 4.78 is 18.2. The van der Waals surface area contributed by atoms with Crippen LogP contribution in [-0.2, 0) is 26.2 Å². The Balaban J connectivity index is 1.47. The number of carboxylic acid groups (broad SMARTS) is 1. The molecule has 1 fully saturated rings. The molecular weight excluding hydrogens is 496 g/mol. The molecule has 208 valence electrons. The highest BCUT2D eigenvalue weighted by atomic mass is 16.6. The van der Waals surface area contributed by atoms with Crippen molar-refractivity contribution in [2.75, 3.05) is 47.9 Å². The number of aliphatic hydroxyl groups excluding tert-OH is 1. The molecule has 2 aliphatic carbocycles. The molecular formula is C26H36N4O8. The fourth-order valence-corrected chi connectivity index (χ4v) is 6.94. The fourth-order valence-electron chi connectivity index (χ4n) is 6.94. The number of nitrogens with two attached hydrogens (primary N) is 1. The number of benzene rings is 1. The minimum atomic E-state index is -1.58. The van der Waals surface area contributed by atoms with E-state index in [0.717, 1.165) is 22.6 Å². The highest BCUT2D eigenvalue weighted by Crippen LogP contribution is 2.65. The third-order valence-electron chi connectivity index (χ3n) is 8.90. The summed E-state index contributed by atoms with van der Waals surface area (Å²) in [6.45, 7) is 0.0844. The molecule has 1 amide bonds. The number of hydrogen-bond donors (Lipinski definition) is 4. The molecule has 2 bridgehead atoms. The fraction of sp³-hybridized carbons (Fsp3) is 0.615. The number of rotatable bonds is 9. The Morgan fingerprint density at radius 2 is 2.08 bits per heavy atom. The number of aliphatic hydroxyl groups is 2. The van der Waals surface area contributed by atoms with Crippen LogP contribution >= 0.6 is 0 Å². The number of amides is 1. The van der Waals surface area contributed by atoms with Crippen LogP contribution in [0.1, 0.15) is 24.0 Å². The number of carbonyl (C=O) groups is 2. The highest BCUT2D eigenvalue weighted by molar-refractivity contribution is 5.85. The van der Waals surface area contributed by atoms with E-state index < -0.39 is 48.0 Å². The van der Waals surface area contributed by atoms with E-state index in [4.69, 9.17) is 25.1 Å². The van der Waals surface area contributed by atoms with Crippen molar-refractivity contribution in [3.8, 4) is 11.5 Å². The summed E-state index contributed by atoms with van der Waals surface area (Å²) in [6.07, 6.45) is 1.04. The molecule has 0 saturated carbocycles. The Morgan fingerprint density at radius 1 is 1.34 bits per heavy atom. The molecule has 6 unspecified atom stereocenters. The first-order chi connectivity index (χ1) is 18.0. The molecule has 4 aliphatic rings. The zero-order chi connectivity index (χ0) is 27.6. The summed E-state index contributed by atoms with van der Waals surface area (Å²) in [5.41, 5.74) is 5.96. The van der Waals surface area contributed by atoms with Crippen LogP contribution in [0, 0.1) is 0 Å². The molecule has 5 rings (SSSR count). The molecule has 2 aliphatic heterocycles. The molecule has 0 aromatic heterocycles. The van der Waals surface area contributed by atoms with Crippen LogP contribution in [0.5, 0.6) is 11.5 Å². The van der Waals surface area contributed by atoms with Gasteiger partial charge < -0.3 is 45.1 Å². The van der Waals surface area contributed by atoms with E-state index in [1.165, 1.54) is 19.0 Å². The largest absolute Gasteiger partial charge is 0.493 e. The molecule has 12 heteroatoms. The predicted octanol–water partition coefficient (Wildman–Crippen LogP) is -0.932. The lowest BCUT2D eigenvalue weighted by atomic mass is 9.50. The lowest BCUT2D eigenvalue weighted by molar-refractivity contribution is -0.206. The van der Waals surface area contributed by atoms with E-state index >= 15 is 0 Å². The van der Waals surface area contributed by atoms with E-state index in [-0.39, 0.29) is 12.6 Å². The summed E-state index contributed by atoms with van der Waals surface area (Å²) in [6, 6.07) is 2.76. The number of piperidine rings is 1. The zero-order valence-corrected chi connectivity index (χ0v) is 22.1. The Kier molecular flexibility index (Phi) is 6.59. The number of hydrogen-bond acceptors (Lipinski definition) is 10. The van der Waals surface area contributed by atoms with Crippen molar-refractivity contribution in [1.29, 1.82) is 0 Å². The maximum atomic E-state index is 12.8. The number of likely N-dealkylation sites (tertiary alicyclic amines) is 1. The summed E-state index contributed by atoms with van der Waals surface area (Å²) in [4.78, 5) is 28.4. The first-order valence-electron chi connectivity index (χ1n) is 12.7. The Hall–Kier alpha value is -2.90. The normalized spacial score (nSPS) is 30.6. The molecule has 2 heterocycles. The average Bonchev–Trinajstić information content (AvgIpc) is 3.23. The lowest BCUT2D eigenvalue weighted by Crippen LogP contribution is -2.74. The van der Waals surface area contributed by atoms with Crippen LogP contribution in [0.4, 0.5) is 0 Å². The van der Waals surface area contributed by atoms with Crippen LogP contribution in [0.2, 0.25) is 0 Å². The van der Waals surface area contributed by atoms with E-state index in [9.17, 15) is 19.8 Å². The van der Waals surface area contributed by atoms with Crippen LogP contribution in [0.3, 0.4) is 0 Å². The number of likely N-dealkylation sites (N-methyl/N-ethyl adjacent to an activating group) is 3. The average molecular weight is 533 g/mol. The second-order valence-electron chi connectivity index (χ2n) is 10.7. The summed E-state index contributed by atoms with van der Waals surface area (Å²) in [5.74, 6) is -0.215. The van der Waals surface area contributed by atoms with Gasteiger partial charge in [0.15, 0.2) is 17.6 Å². The third-order valence-corrected chi connectivity index (χ3v) is 8.90.